The summed E-state index contributed by atoms with van der Waals surface area (Å²) in [6.45, 7) is 4.94. The summed E-state index contributed by atoms with van der Waals surface area (Å²) in [6.07, 6.45) is 3.98. The van der Waals surface area contributed by atoms with Gasteiger partial charge in [0.25, 0.3) is 0 Å². The Balaban J connectivity index is 1.83. The molecule has 7 heteroatoms. The molecule has 0 aliphatic carbocycles. The normalized spacial score (nSPS) is 17.8. The Labute approximate surface area is 140 Å². The van der Waals surface area contributed by atoms with E-state index in [9.17, 15) is 0 Å². The van der Waals surface area contributed by atoms with Crippen LogP contribution in [0.15, 0.2) is 30.6 Å². The molecule has 1 aliphatic heterocycles. The van der Waals surface area contributed by atoms with Crippen molar-refractivity contribution in [3.8, 4) is 0 Å². The molecule has 2 aromatic heterocycles. The minimum Gasteiger partial charge on any atom is -0.378 e. The Kier molecular flexibility index (Phi) is 4.75. The van der Waals surface area contributed by atoms with Gasteiger partial charge in [-0.25, -0.2) is 9.97 Å². The molecule has 1 atom stereocenters. The minimum atomic E-state index is -0.610. The van der Waals surface area contributed by atoms with Crippen molar-refractivity contribution in [1.82, 2.24) is 15.0 Å². The fourth-order valence-corrected chi connectivity index (χ4v) is 2.81. The number of ether oxygens (including phenoxy) is 1. The molecule has 3 heterocycles. The zero-order valence-electron chi connectivity index (χ0n) is 13.1. The van der Waals surface area contributed by atoms with Crippen molar-refractivity contribution in [1.29, 1.82) is 0 Å². The van der Waals surface area contributed by atoms with Gasteiger partial charge in [0.1, 0.15) is 16.8 Å². The van der Waals surface area contributed by atoms with Crippen molar-refractivity contribution in [2.45, 2.75) is 18.9 Å². The van der Waals surface area contributed by atoms with Crippen molar-refractivity contribution in [3.05, 3.63) is 47.1 Å². The van der Waals surface area contributed by atoms with Gasteiger partial charge in [-0.05, 0) is 18.6 Å². The lowest BCUT2D eigenvalue weighted by Crippen LogP contribution is -2.38. The van der Waals surface area contributed by atoms with E-state index in [0.29, 0.717) is 30.6 Å². The van der Waals surface area contributed by atoms with E-state index in [-0.39, 0.29) is 0 Å². The monoisotopic (exact) mass is 333 g/mol. The van der Waals surface area contributed by atoms with Crippen molar-refractivity contribution >= 4 is 17.4 Å². The predicted molar refractivity (Wildman–Crippen MR) is 89.6 cm³/mol. The quantitative estimate of drug-likeness (QED) is 0.859. The molecule has 0 saturated carbocycles. The average molecular weight is 334 g/mol. The van der Waals surface area contributed by atoms with E-state index in [1.54, 1.807) is 18.5 Å². The fraction of sp³-hybridized carbons (Fsp3) is 0.438. The van der Waals surface area contributed by atoms with Crippen LogP contribution in [0.3, 0.4) is 0 Å². The van der Waals surface area contributed by atoms with Crippen LogP contribution in [0.4, 0.5) is 5.82 Å². The molecule has 0 bridgehead atoms. The summed E-state index contributed by atoms with van der Waals surface area (Å²) in [4.78, 5) is 15.3. The number of rotatable bonds is 4. The summed E-state index contributed by atoms with van der Waals surface area (Å²) in [5.41, 5.74) is 6.78. The lowest BCUT2D eigenvalue weighted by Gasteiger charge is -2.29. The molecule has 1 aliphatic rings. The summed E-state index contributed by atoms with van der Waals surface area (Å²) < 4.78 is 5.38. The van der Waals surface area contributed by atoms with Crippen molar-refractivity contribution in [2.24, 2.45) is 5.73 Å². The number of nitrogens with two attached hydrogens (primary N) is 1. The Morgan fingerprint density at radius 3 is 2.83 bits per heavy atom. The van der Waals surface area contributed by atoms with Gasteiger partial charge in [0.2, 0.25) is 0 Å². The van der Waals surface area contributed by atoms with Gasteiger partial charge in [-0.15, -0.1) is 0 Å². The van der Waals surface area contributed by atoms with E-state index in [1.807, 2.05) is 19.1 Å². The molecule has 2 aromatic rings. The molecule has 0 amide bonds. The highest BCUT2D eigenvalue weighted by Gasteiger charge is 2.24. The second kappa shape index (κ2) is 6.78. The predicted octanol–water partition coefficient (Wildman–Crippen LogP) is 1.78. The van der Waals surface area contributed by atoms with Gasteiger partial charge < -0.3 is 15.4 Å². The number of morpholine rings is 1. The summed E-state index contributed by atoms with van der Waals surface area (Å²) in [5, 5.41) is 0.429. The number of aromatic nitrogens is 3. The summed E-state index contributed by atoms with van der Waals surface area (Å²) in [5.74, 6) is 1.46. The SMILES string of the molecule is CC(N)(Cc1nc(Cl)cc(N2CCOCC2)n1)c1cccnc1. The molecule has 1 unspecified atom stereocenters. The standard InChI is InChI=1S/C16H20ClN5O/c1-16(18,12-3-2-4-19-11-12)10-14-20-13(17)9-15(21-14)22-5-7-23-8-6-22/h2-4,9,11H,5-8,10,18H2,1H3. The van der Waals surface area contributed by atoms with Crippen LogP contribution >= 0.6 is 11.6 Å². The third-order valence-corrected chi connectivity index (χ3v) is 4.10. The van der Waals surface area contributed by atoms with Crippen LogP contribution < -0.4 is 10.6 Å². The zero-order chi connectivity index (χ0) is 16.3. The number of hydrogen-bond acceptors (Lipinski definition) is 6. The second-order valence-corrected chi connectivity index (χ2v) is 6.29. The number of pyridine rings is 1. The van der Waals surface area contributed by atoms with Gasteiger partial charge in [0, 0.05) is 43.5 Å². The zero-order valence-corrected chi connectivity index (χ0v) is 13.8. The Hall–Kier alpha value is -1.76. The van der Waals surface area contributed by atoms with E-state index in [2.05, 4.69) is 19.9 Å². The van der Waals surface area contributed by atoms with Crippen LogP contribution in [0, 0.1) is 0 Å². The average Bonchev–Trinajstić information content (AvgIpc) is 2.55. The van der Waals surface area contributed by atoms with Crippen LogP contribution in [0.25, 0.3) is 0 Å². The summed E-state index contributed by atoms with van der Waals surface area (Å²) in [7, 11) is 0. The number of hydrogen-bond donors (Lipinski definition) is 1. The molecule has 1 fully saturated rings. The Morgan fingerprint density at radius 1 is 1.35 bits per heavy atom. The minimum absolute atomic E-state index is 0.429. The smallest absolute Gasteiger partial charge is 0.134 e. The Morgan fingerprint density at radius 2 is 2.13 bits per heavy atom. The van der Waals surface area contributed by atoms with Crippen molar-refractivity contribution in [3.63, 3.8) is 0 Å². The van der Waals surface area contributed by atoms with Crippen molar-refractivity contribution in [2.75, 3.05) is 31.2 Å². The molecule has 3 rings (SSSR count). The fourth-order valence-electron chi connectivity index (χ4n) is 2.62. The largest absolute Gasteiger partial charge is 0.378 e. The van der Waals surface area contributed by atoms with Crippen LogP contribution in [-0.4, -0.2) is 41.3 Å². The van der Waals surface area contributed by atoms with E-state index >= 15 is 0 Å². The molecule has 0 radical (unpaired) electrons. The molecule has 0 spiro atoms. The molecule has 122 valence electrons. The molecule has 0 aromatic carbocycles. The lowest BCUT2D eigenvalue weighted by molar-refractivity contribution is 0.122. The van der Waals surface area contributed by atoms with Crippen LogP contribution in [0.2, 0.25) is 5.15 Å². The molecule has 6 nitrogen and oxygen atoms in total. The van der Waals surface area contributed by atoms with Crippen LogP contribution in [0.1, 0.15) is 18.3 Å². The maximum absolute atomic E-state index is 6.45. The number of anilines is 1. The Bertz CT molecular complexity index is 659. The van der Waals surface area contributed by atoms with Crippen molar-refractivity contribution < 1.29 is 4.74 Å². The van der Waals surface area contributed by atoms with Crippen LogP contribution in [0.5, 0.6) is 0 Å². The number of nitrogens with zero attached hydrogens (tertiary/aromatic N) is 4. The first-order valence-electron chi connectivity index (χ1n) is 7.60. The van der Waals surface area contributed by atoms with Gasteiger partial charge in [-0.2, -0.15) is 0 Å². The third-order valence-electron chi connectivity index (χ3n) is 3.91. The second-order valence-electron chi connectivity index (χ2n) is 5.90. The van der Waals surface area contributed by atoms with Gasteiger partial charge in [-0.3, -0.25) is 4.98 Å². The highest BCUT2D eigenvalue weighted by molar-refractivity contribution is 6.29. The molecule has 1 saturated heterocycles. The van der Waals surface area contributed by atoms with E-state index in [4.69, 9.17) is 22.1 Å². The maximum Gasteiger partial charge on any atom is 0.134 e. The van der Waals surface area contributed by atoms with E-state index < -0.39 is 5.54 Å². The molecular formula is C16H20ClN5O. The van der Waals surface area contributed by atoms with Gasteiger partial charge >= 0.3 is 0 Å². The first-order chi connectivity index (χ1) is 11.0. The molecule has 23 heavy (non-hydrogen) atoms. The van der Waals surface area contributed by atoms with Gasteiger partial charge in [-0.1, -0.05) is 17.7 Å². The van der Waals surface area contributed by atoms with E-state index in [1.165, 1.54) is 0 Å². The first-order valence-corrected chi connectivity index (χ1v) is 7.98. The highest BCUT2D eigenvalue weighted by Crippen LogP contribution is 2.23. The first kappa shape index (κ1) is 16.1. The van der Waals surface area contributed by atoms with Crippen LogP contribution in [-0.2, 0) is 16.7 Å². The van der Waals surface area contributed by atoms with Gasteiger partial charge in [0.05, 0.1) is 13.2 Å². The summed E-state index contributed by atoms with van der Waals surface area (Å²) in [6, 6.07) is 5.62. The highest BCUT2D eigenvalue weighted by atomic mass is 35.5. The molecular weight excluding hydrogens is 314 g/mol. The summed E-state index contributed by atoms with van der Waals surface area (Å²) >= 11 is 6.18. The lowest BCUT2D eigenvalue weighted by atomic mass is 9.91. The maximum atomic E-state index is 6.45. The number of halogens is 1. The topological polar surface area (TPSA) is 77.2 Å². The van der Waals surface area contributed by atoms with E-state index in [0.717, 1.165) is 24.5 Å². The molecule has 2 N–H and O–H groups in total. The van der Waals surface area contributed by atoms with Gasteiger partial charge in [0.15, 0.2) is 0 Å². The third kappa shape index (κ3) is 3.96.